The zero-order chi connectivity index (χ0) is 7.56. The highest BCUT2D eigenvalue weighted by Crippen LogP contribution is 2.25. The number of nitrogens with one attached hydrogen (secondary N) is 1. The van der Waals surface area contributed by atoms with E-state index in [0.29, 0.717) is 0 Å². The molecule has 0 aliphatic carbocycles. The number of rotatable bonds is 2. The first-order valence-corrected chi connectivity index (χ1v) is 4.08. The van der Waals surface area contributed by atoms with Crippen molar-refractivity contribution < 1.29 is 5.21 Å². The summed E-state index contributed by atoms with van der Waals surface area (Å²) in [4.78, 5) is 1.03. The van der Waals surface area contributed by atoms with E-state index in [1.807, 2.05) is 19.1 Å². The minimum atomic E-state index is -0.0301. The summed E-state index contributed by atoms with van der Waals surface area (Å²) >= 11 is 7.13. The monoisotopic (exact) mass is 177 g/mol. The van der Waals surface area contributed by atoms with Crippen LogP contribution in [-0.4, -0.2) is 5.21 Å². The molecule has 0 aromatic carbocycles. The van der Waals surface area contributed by atoms with Crippen molar-refractivity contribution in [2.75, 3.05) is 0 Å². The maximum atomic E-state index is 8.51. The summed E-state index contributed by atoms with van der Waals surface area (Å²) in [6.07, 6.45) is 0. The fraction of sp³-hybridized carbons (Fsp3) is 0.333. The van der Waals surface area contributed by atoms with E-state index in [9.17, 15) is 0 Å². The van der Waals surface area contributed by atoms with Crippen LogP contribution in [0.15, 0.2) is 12.1 Å². The first-order valence-electron chi connectivity index (χ1n) is 2.89. The Morgan fingerprint density at radius 2 is 2.40 bits per heavy atom. The van der Waals surface area contributed by atoms with Crippen LogP contribution in [0, 0.1) is 0 Å². The molecular weight excluding hydrogens is 170 g/mol. The highest BCUT2D eigenvalue weighted by Gasteiger charge is 2.04. The molecule has 1 unspecified atom stereocenters. The fourth-order valence-electron chi connectivity index (χ4n) is 0.625. The van der Waals surface area contributed by atoms with Gasteiger partial charge in [-0.3, -0.25) is 0 Å². The van der Waals surface area contributed by atoms with E-state index >= 15 is 0 Å². The Bertz CT molecular complexity index is 213. The summed E-state index contributed by atoms with van der Waals surface area (Å²) in [6.45, 7) is 1.86. The lowest BCUT2D eigenvalue weighted by Gasteiger charge is -2.03. The standard InChI is InChI=1S/C6H8ClNOS/c1-4(8-9)5-2-3-6(7)10-5/h2-4,8-9H,1H3. The molecular formula is C6H8ClNOS. The van der Waals surface area contributed by atoms with Crippen LogP contribution in [0.1, 0.15) is 17.8 Å². The van der Waals surface area contributed by atoms with Crippen molar-refractivity contribution in [2.24, 2.45) is 0 Å². The molecule has 1 atom stereocenters. The molecule has 2 nitrogen and oxygen atoms in total. The predicted molar refractivity (Wildman–Crippen MR) is 42.7 cm³/mol. The van der Waals surface area contributed by atoms with Gasteiger partial charge in [-0.05, 0) is 19.1 Å². The first kappa shape index (κ1) is 8.01. The molecule has 0 aliphatic heterocycles. The Balaban J connectivity index is 2.74. The van der Waals surface area contributed by atoms with Crippen LogP contribution in [0.2, 0.25) is 4.34 Å². The average Bonchev–Trinajstić information content (AvgIpc) is 2.34. The molecule has 0 radical (unpaired) electrons. The Morgan fingerprint density at radius 1 is 1.70 bits per heavy atom. The SMILES string of the molecule is CC(NO)c1ccc(Cl)s1. The molecule has 0 fully saturated rings. The zero-order valence-corrected chi connectivity index (χ0v) is 7.04. The number of hydroxylamine groups is 1. The normalized spacial score (nSPS) is 13.5. The molecule has 0 bridgehead atoms. The summed E-state index contributed by atoms with van der Waals surface area (Å²) in [6, 6.07) is 3.67. The van der Waals surface area contributed by atoms with Gasteiger partial charge in [0.15, 0.2) is 0 Å². The molecule has 0 spiro atoms. The average molecular weight is 178 g/mol. The second-order valence-corrected chi connectivity index (χ2v) is 3.74. The van der Waals surface area contributed by atoms with Gasteiger partial charge in [-0.25, -0.2) is 0 Å². The van der Waals surface area contributed by atoms with Gasteiger partial charge in [0.05, 0.1) is 10.4 Å². The van der Waals surface area contributed by atoms with Crippen molar-refractivity contribution >= 4 is 22.9 Å². The lowest BCUT2D eigenvalue weighted by atomic mass is 10.3. The van der Waals surface area contributed by atoms with Crippen molar-refractivity contribution in [3.63, 3.8) is 0 Å². The Hall–Kier alpha value is -0.0900. The summed E-state index contributed by atoms with van der Waals surface area (Å²) in [7, 11) is 0. The fourth-order valence-corrected chi connectivity index (χ4v) is 1.68. The van der Waals surface area contributed by atoms with Crippen LogP contribution in [0.3, 0.4) is 0 Å². The van der Waals surface area contributed by atoms with Crippen molar-refractivity contribution in [1.29, 1.82) is 0 Å². The van der Waals surface area contributed by atoms with Crippen LogP contribution in [0.4, 0.5) is 0 Å². The van der Waals surface area contributed by atoms with Crippen LogP contribution in [0.25, 0.3) is 0 Å². The molecule has 0 aliphatic rings. The largest absolute Gasteiger partial charge is 0.316 e. The van der Waals surface area contributed by atoms with E-state index in [2.05, 4.69) is 5.48 Å². The highest BCUT2D eigenvalue weighted by atomic mass is 35.5. The molecule has 10 heavy (non-hydrogen) atoms. The minimum absolute atomic E-state index is 0.0301. The molecule has 0 saturated heterocycles. The van der Waals surface area contributed by atoms with Gasteiger partial charge in [-0.1, -0.05) is 11.6 Å². The van der Waals surface area contributed by atoms with Crippen LogP contribution >= 0.6 is 22.9 Å². The van der Waals surface area contributed by atoms with E-state index in [1.54, 1.807) is 0 Å². The predicted octanol–water partition coefficient (Wildman–Crippen LogP) is 2.44. The molecule has 1 aromatic rings. The van der Waals surface area contributed by atoms with Gasteiger partial charge in [-0.15, -0.1) is 11.3 Å². The highest BCUT2D eigenvalue weighted by molar-refractivity contribution is 7.16. The van der Waals surface area contributed by atoms with Gasteiger partial charge in [0.25, 0.3) is 0 Å². The van der Waals surface area contributed by atoms with Crippen molar-refractivity contribution in [3.8, 4) is 0 Å². The third-order valence-electron chi connectivity index (χ3n) is 1.21. The van der Waals surface area contributed by atoms with Gasteiger partial charge in [0.1, 0.15) is 0 Å². The van der Waals surface area contributed by atoms with Crippen molar-refractivity contribution in [1.82, 2.24) is 5.48 Å². The molecule has 4 heteroatoms. The third kappa shape index (κ3) is 1.70. The number of hydrogen-bond donors (Lipinski definition) is 2. The molecule has 1 rings (SSSR count). The summed E-state index contributed by atoms with van der Waals surface area (Å²) in [5, 5.41) is 8.51. The molecule has 0 amide bonds. The van der Waals surface area contributed by atoms with Gasteiger partial charge in [0, 0.05) is 4.88 Å². The minimum Gasteiger partial charge on any atom is -0.316 e. The molecule has 0 saturated carbocycles. The van der Waals surface area contributed by atoms with Gasteiger partial charge in [-0.2, -0.15) is 5.48 Å². The quantitative estimate of drug-likeness (QED) is 0.681. The van der Waals surface area contributed by atoms with Gasteiger partial charge < -0.3 is 5.21 Å². The smallest absolute Gasteiger partial charge is 0.0931 e. The van der Waals surface area contributed by atoms with E-state index in [4.69, 9.17) is 16.8 Å². The van der Waals surface area contributed by atoms with Crippen molar-refractivity contribution in [3.05, 3.63) is 21.3 Å². The summed E-state index contributed by atoms with van der Waals surface area (Å²) in [5.41, 5.74) is 2.15. The first-order chi connectivity index (χ1) is 4.74. The number of hydrogen-bond acceptors (Lipinski definition) is 3. The lowest BCUT2D eigenvalue weighted by molar-refractivity contribution is 0.135. The van der Waals surface area contributed by atoms with Gasteiger partial charge in [0.2, 0.25) is 0 Å². The van der Waals surface area contributed by atoms with Gasteiger partial charge >= 0.3 is 0 Å². The second-order valence-electron chi connectivity index (χ2n) is 1.99. The molecule has 1 heterocycles. The lowest BCUT2D eigenvalue weighted by Crippen LogP contribution is -2.11. The molecule has 2 N–H and O–H groups in total. The Kier molecular flexibility index (Phi) is 2.68. The van der Waals surface area contributed by atoms with Crippen LogP contribution in [-0.2, 0) is 0 Å². The van der Waals surface area contributed by atoms with E-state index in [0.717, 1.165) is 9.21 Å². The van der Waals surface area contributed by atoms with E-state index in [-0.39, 0.29) is 6.04 Å². The van der Waals surface area contributed by atoms with Crippen LogP contribution in [0.5, 0.6) is 0 Å². The second kappa shape index (κ2) is 3.34. The third-order valence-corrected chi connectivity index (χ3v) is 2.63. The van der Waals surface area contributed by atoms with Crippen LogP contribution < -0.4 is 5.48 Å². The van der Waals surface area contributed by atoms with E-state index < -0.39 is 0 Å². The Morgan fingerprint density at radius 3 is 2.80 bits per heavy atom. The Labute approximate surface area is 68.4 Å². The number of halogens is 1. The topological polar surface area (TPSA) is 32.3 Å². The maximum absolute atomic E-state index is 8.51. The number of thiophene rings is 1. The summed E-state index contributed by atoms with van der Waals surface area (Å²) in [5.74, 6) is 0. The zero-order valence-electron chi connectivity index (χ0n) is 5.47. The maximum Gasteiger partial charge on any atom is 0.0931 e. The summed E-state index contributed by atoms with van der Waals surface area (Å²) < 4.78 is 0.747. The van der Waals surface area contributed by atoms with Crippen molar-refractivity contribution in [2.45, 2.75) is 13.0 Å². The molecule has 56 valence electrons. The molecule has 1 aromatic heterocycles. The van der Waals surface area contributed by atoms with E-state index in [1.165, 1.54) is 11.3 Å².